The molecule has 3 amide bonds. The van der Waals surface area contributed by atoms with Gasteiger partial charge in [-0.25, -0.2) is 4.79 Å². The quantitative estimate of drug-likeness (QED) is 0.825. The number of ether oxygens (including phenoxy) is 1. The molecule has 0 aromatic heterocycles. The van der Waals surface area contributed by atoms with E-state index in [4.69, 9.17) is 9.84 Å². The molecule has 2 aliphatic rings. The summed E-state index contributed by atoms with van der Waals surface area (Å²) in [6.45, 7) is 1.89. The van der Waals surface area contributed by atoms with Gasteiger partial charge in [-0.15, -0.1) is 0 Å². The third-order valence-corrected chi connectivity index (χ3v) is 4.48. The molecule has 1 aromatic carbocycles. The van der Waals surface area contributed by atoms with E-state index in [9.17, 15) is 14.4 Å². The molecule has 0 atom stereocenters. The van der Waals surface area contributed by atoms with Crippen LogP contribution in [0.5, 0.6) is 0 Å². The standard InChI is InChI=1S/C17H21N3O5/c21-15(22)11-20(14-5-9-25-10-6-14)16(23)12-1-3-13(4-2-12)19-8-7-18-17(19)24/h1-4,14H,5-11H2,(H,18,24)(H,21,22). The summed E-state index contributed by atoms with van der Waals surface area (Å²) in [7, 11) is 0. The number of nitrogens with zero attached hydrogens (tertiary/aromatic N) is 2. The van der Waals surface area contributed by atoms with E-state index in [-0.39, 0.29) is 24.5 Å². The fourth-order valence-corrected chi connectivity index (χ4v) is 3.18. The average molecular weight is 347 g/mol. The maximum Gasteiger partial charge on any atom is 0.323 e. The largest absolute Gasteiger partial charge is 0.480 e. The van der Waals surface area contributed by atoms with Gasteiger partial charge in [-0.05, 0) is 37.1 Å². The Bertz CT molecular complexity index is 655. The number of benzene rings is 1. The van der Waals surface area contributed by atoms with Crippen molar-refractivity contribution in [3.63, 3.8) is 0 Å². The Hall–Kier alpha value is -2.61. The average Bonchev–Trinajstić information content (AvgIpc) is 3.06. The van der Waals surface area contributed by atoms with Gasteiger partial charge in [0.25, 0.3) is 5.91 Å². The summed E-state index contributed by atoms with van der Waals surface area (Å²) in [5.41, 5.74) is 1.12. The fraction of sp³-hybridized carbons (Fsp3) is 0.471. The number of nitrogens with one attached hydrogen (secondary N) is 1. The van der Waals surface area contributed by atoms with Crippen LogP contribution in [0.4, 0.5) is 10.5 Å². The van der Waals surface area contributed by atoms with E-state index in [0.29, 0.717) is 50.4 Å². The van der Waals surface area contributed by atoms with E-state index < -0.39 is 5.97 Å². The molecule has 0 saturated carbocycles. The third-order valence-electron chi connectivity index (χ3n) is 4.48. The molecule has 0 aliphatic carbocycles. The van der Waals surface area contributed by atoms with Crippen LogP contribution in [0.2, 0.25) is 0 Å². The van der Waals surface area contributed by atoms with Gasteiger partial charge in [0.1, 0.15) is 6.54 Å². The number of hydrogen-bond acceptors (Lipinski definition) is 4. The van der Waals surface area contributed by atoms with Crippen LogP contribution in [0.1, 0.15) is 23.2 Å². The number of carboxylic acid groups (broad SMARTS) is 1. The van der Waals surface area contributed by atoms with Gasteiger partial charge >= 0.3 is 12.0 Å². The molecule has 134 valence electrons. The molecule has 8 nitrogen and oxygen atoms in total. The van der Waals surface area contributed by atoms with Crippen molar-refractivity contribution in [2.24, 2.45) is 0 Å². The molecule has 8 heteroatoms. The number of aliphatic carboxylic acids is 1. The molecule has 2 N–H and O–H groups in total. The highest BCUT2D eigenvalue weighted by Crippen LogP contribution is 2.21. The van der Waals surface area contributed by atoms with Gasteiger partial charge in [-0.1, -0.05) is 0 Å². The second-order valence-electron chi connectivity index (χ2n) is 6.10. The van der Waals surface area contributed by atoms with Gasteiger partial charge in [0.2, 0.25) is 0 Å². The summed E-state index contributed by atoms with van der Waals surface area (Å²) in [6.07, 6.45) is 1.26. The van der Waals surface area contributed by atoms with E-state index >= 15 is 0 Å². The number of urea groups is 1. The van der Waals surface area contributed by atoms with Crippen molar-refractivity contribution in [3.05, 3.63) is 29.8 Å². The first-order chi connectivity index (χ1) is 12.1. The molecule has 2 fully saturated rings. The zero-order valence-electron chi connectivity index (χ0n) is 13.8. The highest BCUT2D eigenvalue weighted by atomic mass is 16.5. The van der Waals surface area contributed by atoms with E-state index in [0.717, 1.165) is 0 Å². The van der Waals surface area contributed by atoms with Crippen molar-refractivity contribution < 1.29 is 24.2 Å². The lowest BCUT2D eigenvalue weighted by Gasteiger charge is -2.33. The van der Waals surface area contributed by atoms with Gasteiger partial charge in [-0.2, -0.15) is 0 Å². The Labute approximate surface area is 145 Å². The van der Waals surface area contributed by atoms with Gasteiger partial charge in [0, 0.05) is 43.6 Å². The lowest BCUT2D eigenvalue weighted by Crippen LogP contribution is -2.46. The maximum absolute atomic E-state index is 12.8. The summed E-state index contributed by atoms with van der Waals surface area (Å²) < 4.78 is 5.29. The van der Waals surface area contributed by atoms with Crippen LogP contribution < -0.4 is 10.2 Å². The van der Waals surface area contributed by atoms with Crippen molar-refractivity contribution in [2.75, 3.05) is 37.7 Å². The van der Waals surface area contributed by atoms with Gasteiger partial charge in [0.15, 0.2) is 0 Å². The second kappa shape index (κ2) is 7.52. The predicted octanol–water partition coefficient (Wildman–Crippen LogP) is 0.922. The zero-order chi connectivity index (χ0) is 17.8. The molecule has 0 unspecified atom stereocenters. The van der Waals surface area contributed by atoms with E-state index in [1.807, 2.05) is 0 Å². The van der Waals surface area contributed by atoms with E-state index in [1.54, 1.807) is 29.2 Å². The first-order valence-corrected chi connectivity index (χ1v) is 8.32. The van der Waals surface area contributed by atoms with Crippen LogP contribution in [-0.2, 0) is 9.53 Å². The van der Waals surface area contributed by atoms with E-state index in [2.05, 4.69) is 5.32 Å². The van der Waals surface area contributed by atoms with Crippen LogP contribution in [0, 0.1) is 0 Å². The Morgan fingerprint density at radius 1 is 1.24 bits per heavy atom. The number of rotatable bonds is 5. The summed E-state index contributed by atoms with van der Waals surface area (Å²) >= 11 is 0. The predicted molar refractivity (Wildman–Crippen MR) is 89.7 cm³/mol. The highest BCUT2D eigenvalue weighted by molar-refractivity contribution is 5.98. The number of hydrogen-bond donors (Lipinski definition) is 2. The Balaban J connectivity index is 1.76. The fourth-order valence-electron chi connectivity index (χ4n) is 3.18. The molecule has 1 aromatic rings. The minimum absolute atomic E-state index is 0.138. The van der Waals surface area contributed by atoms with Crippen molar-refractivity contribution in [3.8, 4) is 0 Å². The first kappa shape index (κ1) is 17.2. The normalized spacial score (nSPS) is 18.1. The van der Waals surface area contributed by atoms with Gasteiger partial charge in [0.05, 0.1) is 0 Å². The van der Waals surface area contributed by atoms with Crippen molar-refractivity contribution >= 4 is 23.6 Å². The second-order valence-corrected chi connectivity index (χ2v) is 6.10. The molecular weight excluding hydrogens is 326 g/mol. The number of carbonyl (C=O) groups is 3. The first-order valence-electron chi connectivity index (χ1n) is 8.32. The molecule has 25 heavy (non-hydrogen) atoms. The van der Waals surface area contributed by atoms with Gasteiger partial charge < -0.3 is 20.1 Å². The molecule has 3 rings (SSSR count). The molecule has 0 bridgehead atoms. The summed E-state index contributed by atoms with van der Waals surface area (Å²) in [5, 5.41) is 11.9. The zero-order valence-corrected chi connectivity index (χ0v) is 13.8. The Morgan fingerprint density at radius 2 is 1.92 bits per heavy atom. The maximum atomic E-state index is 12.8. The topological polar surface area (TPSA) is 99.2 Å². The third kappa shape index (κ3) is 3.90. The minimum Gasteiger partial charge on any atom is -0.480 e. The number of carbonyl (C=O) groups excluding carboxylic acids is 2. The van der Waals surface area contributed by atoms with Crippen molar-refractivity contribution in [2.45, 2.75) is 18.9 Å². The summed E-state index contributed by atoms with van der Waals surface area (Å²) in [5.74, 6) is -1.35. The molecule has 2 saturated heterocycles. The molecule has 2 aliphatic heterocycles. The van der Waals surface area contributed by atoms with Crippen LogP contribution >= 0.6 is 0 Å². The number of anilines is 1. The number of amides is 3. The van der Waals surface area contributed by atoms with Crippen LogP contribution in [0.3, 0.4) is 0 Å². The monoisotopic (exact) mass is 347 g/mol. The SMILES string of the molecule is O=C(O)CN(C(=O)c1ccc(N2CCNC2=O)cc1)C1CCOCC1. The van der Waals surface area contributed by atoms with E-state index in [1.165, 1.54) is 4.90 Å². The molecule has 0 spiro atoms. The van der Waals surface area contributed by atoms with Crippen molar-refractivity contribution in [1.29, 1.82) is 0 Å². The van der Waals surface area contributed by atoms with Gasteiger partial charge in [-0.3, -0.25) is 14.5 Å². The molecule has 0 radical (unpaired) electrons. The minimum atomic E-state index is -1.04. The van der Waals surface area contributed by atoms with Crippen LogP contribution in [-0.4, -0.2) is 66.8 Å². The lowest BCUT2D eigenvalue weighted by atomic mass is 10.0. The summed E-state index contributed by atoms with van der Waals surface area (Å²) in [4.78, 5) is 38.7. The number of carboxylic acids is 1. The Kier molecular flexibility index (Phi) is 5.18. The van der Waals surface area contributed by atoms with Crippen LogP contribution in [0.15, 0.2) is 24.3 Å². The Morgan fingerprint density at radius 3 is 2.48 bits per heavy atom. The highest BCUT2D eigenvalue weighted by Gasteiger charge is 2.28. The molecular formula is C17H21N3O5. The smallest absolute Gasteiger partial charge is 0.323 e. The summed E-state index contributed by atoms with van der Waals surface area (Å²) in [6, 6.07) is 6.40. The molecule has 2 heterocycles. The lowest BCUT2D eigenvalue weighted by molar-refractivity contribution is -0.138. The van der Waals surface area contributed by atoms with Crippen molar-refractivity contribution in [1.82, 2.24) is 10.2 Å². The van der Waals surface area contributed by atoms with Crippen LogP contribution in [0.25, 0.3) is 0 Å².